The molecule has 0 spiro atoms. The maximum Gasteiger partial charge on any atom is 0.196 e. The predicted molar refractivity (Wildman–Crippen MR) is 109 cm³/mol. The van der Waals surface area contributed by atoms with Crippen LogP contribution in [0.1, 0.15) is 52.9 Å². The van der Waals surface area contributed by atoms with Gasteiger partial charge in [0.05, 0.1) is 5.56 Å². The molecule has 0 bridgehead atoms. The minimum absolute atomic E-state index is 0.0265. The SMILES string of the molecule is CC(C)c1ccc(/C=C2/C(=O)c3ccccc3OC2c2ccccc2)cc1. The fourth-order valence-electron chi connectivity index (χ4n) is 3.40. The molecule has 134 valence electrons. The smallest absolute Gasteiger partial charge is 0.196 e. The maximum absolute atomic E-state index is 13.2. The van der Waals surface area contributed by atoms with Gasteiger partial charge in [0, 0.05) is 5.57 Å². The summed E-state index contributed by atoms with van der Waals surface area (Å²) in [5.74, 6) is 1.15. The fourth-order valence-corrected chi connectivity index (χ4v) is 3.40. The van der Waals surface area contributed by atoms with Gasteiger partial charge in [-0.05, 0) is 40.8 Å². The molecule has 0 aromatic heterocycles. The van der Waals surface area contributed by atoms with Crippen molar-refractivity contribution in [3.63, 3.8) is 0 Å². The van der Waals surface area contributed by atoms with Crippen LogP contribution in [-0.4, -0.2) is 5.78 Å². The highest BCUT2D eigenvalue weighted by atomic mass is 16.5. The van der Waals surface area contributed by atoms with Crippen LogP contribution in [-0.2, 0) is 0 Å². The van der Waals surface area contributed by atoms with Gasteiger partial charge in [0.15, 0.2) is 11.9 Å². The van der Waals surface area contributed by atoms with E-state index in [2.05, 4.69) is 38.1 Å². The minimum atomic E-state index is -0.404. The number of carbonyl (C=O) groups is 1. The van der Waals surface area contributed by atoms with Crippen molar-refractivity contribution in [1.82, 2.24) is 0 Å². The number of carbonyl (C=O) groups excluding carboxylic acids is 1. The normalized spacial score (nSPS) is 17.7. The molecule has 0 N–H and O–H groups in total. The molecular formula is C25H22O2. The van der Waals surface area contributed by atoms with E-state index in [1.165, 1.54) is 5.56 Å². The molecule has 0 fully saturated rings. The van der Waals surface area contributed by atoms with Gasteiger partial charge in [-0.2, -0.15) is 0 Å². The lowest BCUT2D eigenvalue weighted by atomic mass is 9.89. The summed E-state index contributed by atoms with van der Waals surface area (Å²) in [5, 5.41) is 0. The van der Waals surface area contributed by atoms with Gasteiger partial charge < -0.3 is 4.74 Å². The first kappa shape index (κ1) is 17.3. The zero-order valence-electron chi connectivity index (χ0n) is 15.6. The zero-order chi connectivity index (χ0) is 18.8. The summed E-state index contributed by atoms with van der Waals surface area (Å²) in [4.78, 5) is 13.2. The Labute approximate surface area is 160 Å². The number of rotatable bonds is 3. The van der Waals surface area contributed by atoms with Crippen LogP contribution < -0.4 is 4.74 Å². The average Bonchev–Trinajstić information content (AvgIpc) is 2.71. The second kappa shape index (κ2) is 7.24. The van der Waals surface area contributed by atoms with Crippen LogP contribution in [0.4, 0.5) is 0 Å². The van der Waals surface area contributed by atoms with Crippen LogP contribution in [0, 0.1) is 0 Å². The molecule has 0 amide bonds. The Morgan fingerprint density at radius 2 is 1.52 bits per heavy atom. The first-order valence-electron chi connectivity index (χ1n) is 9.30. The predicted octanol–water partition coefficient (Wildman–Crippen LogP) is 6.21. The quantitative estimate of drug-likeness (QED) is 0.523. The van der Waals surface area contributed by atoms with Gasteiger partial charge in [0.2, 0.25) is 0 Å². The van der Waals surface area contributed by atoms with Crippen molar-refractivity contribution in [2.45, 2.75) is 25.9 Å². The summed E-state index contributed by atoms with van der Waals surface area (Å²) < 4.78 is 6.25. The van der Waals surface area contributed by atoms with Crippen molar-refractivity contribution in [2.75, 3.05) is 0 Å². The monoisotopic (exact) mass is 354 g/mol. The molecule has 1 heterocycles. The Morgan fingerprint density at radius 3 is 2.22 bits per heavy atom. The number of ether oxygens (including phenoxy) is 1. The topological polar surface area (TPSA) is 26.3 Å². The zero-order valence-corrected chi connectivity index (χ0v) is 15.6. The van der Waals surface area contributed by atoms with Gasteiger partial charge in [0.25, 0.3) is 0 Å². The molecule has 1 aliphatic rings. The Hall–Kier alpha value is -3.13. The van der Waals surface area contributed by atoms with Gasteiger partial charge in [-0.15, -0.1) is 0 Å². The Morgan fingerprint density at radius 1 is 0.852 bits per heavy atom. The van der Waals surface area contributed by atoms with Crippen molar-refractivity contribution in [3.8, 4) is 5.75 Å². The lowest BCUT2D eigenvalue weighted by Crippen LogP contribution is -2.23. The first-order valence-corrected chi connectivity index (χ1v) is 9.30. The number of hydrogen-bond acceptors (Lipinski definition) is 2. The molecule has 1 atom stereocenters. The van der Waals surface area contributed by atoms with Crippen molar-refractivity contribution < 1.29 is 9.53 Å². The first-order chi connectivity index (χ1) is 13.1. The van der Waals surface area contributed by atoms with E-state index in [-0.39, 0.29) is 5.78 Å². The Kier molecular flexibility index (Phi) is 4.64. The lowest BCUT2D eigenvalue weighted by molar-refractivity contribution is 0.0963. The van der Waals surface area contributed by atoms with Gasteiger partial charge in [0.1, 0.15) is 5.75 Å². The van der Waals surface area contributed by atoms with Crippen LogP contribution >= 0.6 is 0 Å². The number of fused-ring (bicyclic) bond motifs is 1. The van der Waals surface area contributed by atoms with Crippen LogP contribution in [0.15, 0.2) is 84.4 Å². The molecule has 27 heavy (non-hydrogen) atoms. The third kappa shape index (κ3) is 3.43. The van der Waals surface area contributed by atoms with Gasteiger partial charge >= 0.3 is 0 Å². The van der Waals surface area contributed by atoms with E-state index >= 15 is 0 Å². The molecule has 1 unspecified atom stereocenters. The minimum Gasteiger partial charge on any atom is -0.480 e. The van der Waals surface area contributed by atoms with Crippen LogP contribution in [0.25, 0.3) is 6.08 Å². The van der Waals surface area contributed by atoms with Gasteiger partial charge in [-0.3, -0.25) is 4.79 Å². The lowest BCUT2D eigenvalue weighted by Gasteiger charge is -2.28. The second-order valence-electron chi connectivity index (χ2n) is 7.15. The second-order valence-corrected chi connectivity index (χ2v) is 7.15. The largest absolute Gasteiger partial charge is 0.480 e. The summed E-state index contributed by atoms with van der Waals surface area (Å²) in [6, 6.07) is 25.7. The molecule has 0 saturated carbocycles. The number of benzene rings is 3. The van der Waals surface area contributed by atoms with E-state index in [0.717, 1.165) is 11.1 Å². The highest BCUT2D eigenvalue weighted by molar-refractivity contribution is 6.14. The highest BCUT2D eigenvalue weighted by Gasteiger charge is 2.32. The summed E-state index contributed by atoms with van der Waals surface area (Å²) in [6.45, 7) is 4.35. The third-order valence-electron chi connectivity index (χ3n) is 4.95. The van der Waals surface area contributed by atoms with E-state index in [4.69, 9.17) is 4.74 Å². The molecule has 0 aliphatic carbocycles. The molecule has 2 heteroatoms. The number of hydrogen-bond donors (Lipinski definition) is 0. The average molecular weight is 354 g/mol. The van der Waals surface area contributed by atoms with E-state index in [0.29, 0.717) is 22.8 Å². The van der Waals surface area contributed by atoms with Crippen LogP contribution in [0.3, 0.4) is 0 Å². The van der Waals surface area contributed by atoms with Gasteiger partial charge in [-0.25, -0.2) is 0 Å². The fraction of sp³-hybridized carbons (Fsp3) is 0.160. The van der Waals surface area contributed by atoms with Crippen molar-refractivity contribution in [1.29, 1.82) is 0 Å². The Balaban J connectivity index is 1.80. The standard InChI is InChI=1S/C25H22O2/c1-17(2)19-14-12-18(13-15-19)16-22-24(26)21-10-6-7-11-23(21)27-25(22)20-8-4-3-5-9-20/h3-17,25H,1-2H3/b22-16-. The molecule has 0 saturated heterocycles. The number of Topliss-reactive ketones (excluding diaryl/α,β-unsaturated/α-hetero) is 1. The molecule has 4 rings (SSSR count). The van der Waals surface area contributed by atoms with Crippen LogP contribution in [0.2, 0.25) is 0 Å². The molecular weight excluding hydrogens is 332 g/mol. The molecule has 1 aliphatic heterocycles. The number of ketones is 1. The van der Waals surface area contributed by atoms with E-state index < -0.39 is 6.10 Å². The molecule has 3 aromatic rings. The Bertz CT molecular complexity index is 982. The summed E-state index contributed by atoms with van der Waals surface area (Å²) in [7, 11) is 0. The number of para-hydroxylation sites is 1. The van der Waals surface area contributed by atoms with E-state index in [1.54, 1.807) is 0 Å². The molecule has 0 radical (unpaired) electrons. The van der Waals surface area contributed by atoms with Crippen molar-refractivity contribution in [2.24, 2.45) is 0 Å². The van der Waals surface area contributed by atoms with Crippen LogP contribution in [0.5, 0.6) is 5.75 Å². The van der Waals surface area contributed by atoms with Crippen molar-refractivity contribution in [3.05, 3.63) is 107 Å². The van der Waals surface area contributed by atoms with E-state index in [1.807, 2.05) is 60.7 Å². The third-order valence-corrected chi connectivity index (χ3v) is 4.95. The maximum atomic E-state index is 13.2. The summed E-state index contributed by atoms with van der Waals surface area (Å²) >= 11 is 0. The van der Waals surface area contributed by atoms with E-state index in [9.17, 15) is 4.79 Å². The molecule has 2 nitrogen and oxygen atoms in total. The molecule has 3 aromatic carbocycles. The highest BCUT2D eigenvalue weighted by Crippen LogP contribution is 2.39. The summed E-state index contributed by atoms with van der Waals surface area (Å²) in [5.41, 5.74) is 4.55. The summed E-state index contributed by atoms with van der Waals surface area (Å²) in [6.07, 6.45) is 1.55. The van der Waals surface area contributed by atoms with Crippen molar-refractivity contribution >= 4 is 11.9 Å². The van der Waals surface area contributed by atoms with Gasteiger partial charge in [-0.1, -0.05) is 80.6 Å².